The molecule has 0 aromatic heterocycles. The van der Waals surface area contributed by atoms with Gasteiger partial charge in [0.15, 0.2) is 0 Å². The van der Waals surface area contributed by atoms with Gasteiger partial charge in [0.05, 0.1) is 12.3 Å². The first-order chi connectivity index (χ1) is 8.67. The summed E-state index contributed by atoms with van der Waals surface area (Å²) in [5.74, 6) is 0.853. The summed E-state index contributed by atoms with van der Waals surface area (Å²) < 4.78 is 5.63. The van der Waals surface area contributed by atoms with Crippen molar-refractivity contribution in [1.82, 2.24) is 4.90 Å². The minimum Gasteiger partial charge on any atom is -0.494 e. The van der Waals surface area contributed by atoms with Crippen LogP contribution in [-0.2, 0) is 0 Å². The van der Waals surface area contributed by atoms with Gasteiger partial charge < -0.3 is 14.8 Å². The van der Waals surface area contributed by atoms with Crippen molar-refractivity contribution in [2.45, 2.75) is 19.8 Å². The van der Waals surface area contributed by atoms with Crippen LogP contribution in [0, 0.1) is 0 Å². The van der Waals surface area contributed by atoms with Crippen LogP contribution in [0.2, 0.25) is 0 Å². The van der Waals surface area contributed by atoms with Crippen LogP contribution in [-0.4, -0.2) is 43.1 Å². The van der Waals surface area contributed by atoms with Crippen molar-refractivity contribution in [3.05, 3.63) is 29.8 Å². The third-order valence-corrected chi connectivity index (χ3v) is 2.66. The summed E-state index contributed by atoms with van der Waals surface area (Å²) in [6.07, 6.45) is 1.71. The number of oxime groups is 1. The Hall–Kier alpha value is -1.55. The molecule has 0 atom stereocenters. The summed E-state index contributed by atoms with van der Waals surface area (Å²) in [4.78, 5) is 2.14. The smallest absolute Gasteiger partial charge is 0.119 e. The fourth-order valence-corrected chi connectivity index (χ4v) is 1.65. The zero-order chi connectivity index (χ0) is 13.4. The molecule has 0 aliphatic rings. The Bertz CT molecular complexity index is 372. The lowest BCUT2D eigenvalue weighted by atomic mass is 10.1. The molecule has 0 spiro atoms. The van der Waals surface area contributed by atoms with Crippen molar-refractivity contribution in [2.75, 3.05) is 27.2 Å². The largest absolute Gasteiger partial charge is 0.494 e. The summed E-state index contributed by atoms with van der Waals surface area (Å²) in [7, 11) is 4.10. The molecule has 0 radical (unpaired) electrons. The van der Waals surface area contributed by atoms with E-state index in [0.29, 0.717) is 18.7 Å². The van der Waals surface area contributed by atoms with Crippen LogP contribution in [0.25, 0.3) is 0 Å². The molecule has 1 aromatic carbocycles. The van der Waals surface area contributed by atoms with Gasteiger partial charge in [0.1, 0.15) is 5.75 Å². The molecule has 100 valence electrons. The third-order valence-electron chi connectivity index (χ3n) is 2.66. The summed E-state index contributed by atoms with van der Waals surface area (Å²) in [6, 6.07) is 7.65. The van der Waals surface area contributed by atoms with E-state index in [2.05, 4.69) is 24.2 Å². The van der Waals surface area contributed by atoms with E-state index in [4.69, 9.17) is 9.94 Å². The van der Waals surface area contributed by atoms with Gasteiger partial charge in [0.2, 0.25) is 0 Å². The molecule has 0 saturated carbocycles. The summed E-state index contributed by atoms with van der Waals surface area (Å²) >= 11 is 0. The number of nitrogens with zero attached hydrogens (tertiary/aromatic N) is 2. The second kappa shape index (κ2) is 7.71. The fraction of sp³-hybridized carbons (Fsp3) is 0.500. The van der Waals surface area contributed by atoms with Crippen LogP contribution < -0.4 is 4.74 Å². The zero-order valence-electron chi connectivity index (χ0n) is 11.4. The van der Waals surface area contributed by atoms with E-state index >= 15 is 0 Å². The Morgan fingerprint density at radius 1 is 1.28 bits per heavy atom. The van der Waals surface area contributed by atoms with E-state index in [9.17, 15) is 0 Å². The van der Waals surface area contributed by atoms with Crippen molar-refractivity contribution in [1.29, 1.82) is 0 Å². The second-order valence-corrected chi connectivity index (χ2v) is 4.43. The number of hydrogen-bond acceptors (Lipinski definition) is 4. The standard InChI is InChI=1S/C14H22N2O2/c1-4-14(15-17)12-6-8-13(9-7-12)18-11-5-10-16(2)3/h6-9,17H,4-5,10-11H2,1-3H3/b15-14-. The summed E-state index contributed by atoms with van der Waals surface area (Å²) in [6.45, 7) is 3.70. The lowest BCUT2D eigenvalue weighted by Crippen LogP contribution is -2.15. The predicted octanol–water partition coefficient (Wildman–Crippen LogP) is 2.61. The van der Waals surface area contributed by atoms with E-state index in [-0.39, 0.29) is 0 Å². The molecule has 4 nitrogen and oxygen atoms in total. The minimum atomic E-state index is 0.689. The first-order valence-electron chi connectivity index (χ1n) is 6.26. The van der Waals surface area contributed by atoms with E-state index in [0.717, 1.165) is 24.3 Å². The molecule has 1 aromatic rings. The summed E-state index contributed by atoms with van der Waals surface area (Å²) in [5.41, 5.74) is 1.62. The Morgan fingerprint density at radius 3 is 2.44 bits per heavy atom. The van der Waals surface area contributed by atoms with Crippen LogP contribution in [0.5, 0.6) is 5.75 Å². The van der Waals surface area contributed by atoms with Crippen LogP contribution in [0.4, 0.5) is 0 Å². The molecule has 0 bridgehead atoms. The highest BCUT2D eigenvalue weighted by Crippen LogP contribution is 2.14. The Morgan fingerprint density at radius 2 is 1.94 bits per heavy atom. The maximum absolute atomic E-state index is 8.83. The molecule has 1 N–H and O–H groups in total. The lowest BCUT2D eigenvalue weighted by molar-refractivity contribution is 0.281. The SMILES string of the molecule is CC/C(=N/O)c1ccc(OCCCN(C)C)cc1. The molecule has 0 heterocycles. The second-order valence-electron chi connectivity index (χ2n) is 4.43. The molecule has 0 aliphatic carbocycles. The van der Waals surface area contributed by atoms with Crippen LogP contribution in [0.1, 0.15) is 25.3 Å². The fourth-order valence-electron chi connectivity index (χ4n) is 1.65. The van der Waals surface area contributed by atoms with E-state index < -0.39 is 0 Å². The Labute approximate surface area is 109 Å². The van der Waals surface area contributed by atoms with E-state index in [1.807, 2.05) is 31.2 Å². The van der Waals surface area contributed by atoms with Crippen LogP contribution >= 0.6 is 0 Å². The molecule has 18 heavy (non-hydrogen) atoms. The summed E-state index contributed by atoms with van der Waals surface area (Å²) in [5, 5.41) is 12.1. The highest BCUT2D eigenvalue weighted by Gasteiger charge is 2.02. The number of ether oxygens (including phenoxy) is 1. The number of rotatable bonds is 7. The molecule has 0 fully saturated rings. The topological polar surface area (TPSA) is 45.1 Å². The molecule has 4 heteroatoms. The van der Waals surface area contributed by atoms with Crippen LogP contribution in [0.15, 0.2) is 29.4 Å². The average molecular weight is 250 g/mol. The minimum absolute atomic E-state index is 0.689. The van der Waals surface area contributed by atoms with Gasteiger partial charge in [-0.2, -0.15) is 0 Å². The average Bonchev–Trinajstić information content (AvgIpc) is 2.37. The molecule has 0 aliphatic heterocycles. The van der Waals surface area contributed by atoms with Gasteiger partial charge >= 0.3 is 0 Å². The Balaban J connectivity index is 2.45. The molecular formula is C14H22N2O2. The number of benzene rings is 1. The predicted molar refractivity (Wildman–Crippen MR) is 73.7 cm³/mol. The van der Waals surface area contributed by atoms with Gasteiger partial charge in [-0.1, -0.05) is 12.1 Å². The van der Waals surface area contributed by atoms with E-state index in [1.165, 1.54) is 0 Å². The van der Waals surface area contributed by atoms with Gasteiger partial charge in [-0.05, 0) is 56.8 Å². The zero-order valence-corrected chi connectivity index (χ0v) is 11.4. The maximum Gasteiger partial charge on any atom is 0.119 e. The normalized spacial score (nSPS) is 11.9. The molecule has 0 unspecified atom stereocenters. The Kier molecular flexibility index (Phi) is 6.22. The molecule has 0 saturated heterocycles. The van der Waals surface area contributed by atoms with Gasteiger partial charge in [-0.15, -0.1) is 0 Å². The molecular weight excluding hydrogens is 228 g/mol. The highest BCUT2D eigenvalue weighted by molar-refractivity contribution is 6.00. The first kappa shape index (κ1) is 14.5. The molecule has 1 rings (SSSR count). The monoisotopic (exact) mass is 250 g/mol. The van der Waals surface area contributed by atoms with Gasteiger partial charge in [-0.25, -0.2) is 0 Å². The lowest BCUT2D eigenvalue weighted by Gasteiger charge is -2.10. The highest BCUT2D eigenvalue weighted by atomic mass is 16.5. The third kappa shape index (κ3) is 4.75. The maximum atomic E-state index is 8.83. The number of hydrogen-bond donors (Lipinski definition) is 1. The van der Waals surface area contributed by atoms with Gasteiger partial charge in [-0.3, -0.25) is 0 Å². The van der Waals surface area contributed by atoms with Crippen molar-refractivity contribution in [2.24, 2.45) is 5.16 Å². The van der Waals surface area contributed by atoms with Crippen molar-refractivity contribution in [3.63, 3.8) is 0 Å². The first-order valence-corrected chi connectivity index (χ1v) is 6.26. The van der Waals surface area contributed by atoms with Crippen LogP contribution in [0.3, 0.4) is 0 Å². The quantitative estimate of drug-likeness (QED) is 0.350. The van der Waals surface area contributed by atoms with Crippen molar-refractivity contribution in [3.8, 4) is 5.75 Å². The van der Waals surface area contributed by atoms with Crippen molar-refractivity contribution >= 4 is 5.71 Å². The molecule has 0 amide bonds. The van der Waals surface area contributed by atoms with Crippen molar-refractivity contribution < 1.29 is 9.94 Å². The van der Waals surface area contributed by atoms with Gasteiger partial charge in [0, 0.05) is 6.54 Å². The van der Waals surface area contributed by atoms with Gasteiger partial charge in [0.25, 0.3) is 0 Å². The van der Waals surface area contributed by atoms with E-state index in [1.54, 1.807) is 0 Å².